The Bertz CT molecular complexity index is 497. The van der Waals surface area contributed by atoms with Gasteiger partial charge in [-0.15, -0.1) is 0 Å². The summed E-state index contributed by atoms with van der Waals surface area (Å²) in [6, 6.07) is 8.36. The van der Waals surface area contributed by atoms with Crippen LogP contribution in [0.1, 0.15) is 11.5 Å². The van der Waals surface area contributed by atoms with Gasteiger partial charge >= 0.3 is 0 Å². The largest absolute Gasteiger partial charge is 0.448 e. The first kappa shape index (κ1) is 10.5. The summed E-state index contributed by atoms with van der Waals surface area (Å²) in [6.07, 6.45) is 2.70. The smallest absolute Gasteiger partial charge is 0.194 e. The number of nitrogens with zero attached hydrogens (tertiary/aromatic N) is 1. The van der Waals surface area contributed by atoms with Crippen LogP contribution in [0.25, 0.3) is 11.3 Å². The number of nitrogens with one attached hydrogen (secondary N) is 1. The average molecular weight is 228 g/mol. The highest BCUT2D eigenvalue weighted by atomic mass is 16.3. The SMILES string of the molecule is Cc1ccc(-c2coc(CC3CNC3)n2)cc1. The van der Waals surface area contributed by atoms with Crippen LogP contribution in [0.5, 0.6) is 0 Å². The second kappa shape index (κ2) is 4.34. The molecule has 1 saturated heterocycles. The lowest BCUT2D eigenvalue weighted by Gasteiger charge is -2.25. The molecule has 0 aliphatic carbocycles. The van der Waals surface area contributed by atoms with Crippen LogP contribution in [0.15, 0.2) is 34.9 Å². The van der Waals surface area contributed by atoms with E-state index in [-0.39, 0.29) is 0 Å². The van der Waals surface area contributed by atoms with Crippen molar-refractivity contribution in [2.75, 3.05) is 13.1 Å². The zero-order chi connectivity index (χ0) is 11.7. The van der Waals surface area contributed by atoms with E-state index in [4.69, 9.17) is 4.42 Å². The van der Waals surface area contributed by atoms with Gasteiger partial charge in [-0.05, 0) is 25.9 Å². The van der Waals surface area contributed by atoms with E-state index in [1.165, 1.54) is 5.56 Å². The van der Waals surface area contributed by atoms with E-state index in [2.05, 4.69) is 41.5 Å². The van der Waals surface area contributed by atoms with Crippen LogP contribution < -0.4 is 5.32 Å². The summed E-state index contributed by atoms with van der Waals surface area (Å²) >= 11 is 0. The minimum absolute atomic E-state index is 0.694. The van der Waals surface area contributed by atoms with E-state index in [9.17, 15) is 0 Å². The van der Waals surface area contributed by atoms with Crippen molar-refractivity contribution in [1.29, 1.82) is 0 Å². The second-order valence-electron chi connectivity index (χ2n) is 4.72. The predicted octanol–water partition coefficient (Wildman–Crippen LogP) is 2.41. The molecule has 88 valence electrons. The molecule has 0 amide bonds. The van der Waals surface area contributed by atoms with Crippen molar-refractivity contribution >= 4 is 0 Å². The highest BCUT2D eigenvalue weighted by Crippen LogP contribution is 2.21. The van der Waals surface area contributed by atoms with Crippen molar-refractivity contribution in [3.05, 3.63) is 42.0 Å². The highest BCUT2D eigenvalue weighted by Gasteiger charge is 2.19. The molecule has 1 fully saturated rings. The maximum absolute atomic E-state index is 5.52. The van der Waals surface area contributed by atoms with Gasteiger partial charge in [0.1, 0.15) is 12.0 Å². The van der Waals surface area contributed by atoms with Crippen molar-refractivity contribution in [1.82, 2.24) is 10.3 Å². The summed E-state index contributed by atoms with van der Waals surface area (Å²) in [4.78, 5) is 4.54. The van der Waals surface area contributed by atoms with Gasteiger partial charge in [-0.25, -0.2) is 4.98 Å². The molecule has 17 heavy (non-hydrogen) atoms. The number of hydrogen-bond donors (Lipinski definition) is 1. The predicted molar refractivity (Wildman–Crippen MR) is 66.7 cm³/mol. The summed E-state index contributed by atoms with van der Waals surface area (Å²) in [6.45, 7) is 4.26. The highest BCUT2D eigenvalue weighted by molar-refractivity contribution is 5.58. The van der Waals surface area contributed by atoms with E-state index in [0.717, 1.165) is 36.7 Å². The minimum atomic E-state index is 0.694. The molecule has 0 saturated carbocycles. The third-order valence-electron chi connectivity index (χ3n) is 3.23. The lowest BCUT2D eigenvalue weighted by molar-refractivity contribution is 0.318. The van der Waals surface area contributed by atoms with Gasteiger partial charge in [-0.2, -0.15) is 0 Å². The van der Waals surface area contributed by atoms with Gasteiger partial charge in [-0.1, -0.05) is 29.8 Å². The molecule has 0 spiro atoms. The first-order chi connectivity index (χ1) is 8.31. The van der Waals surface area contributed by atoms with Gasteiger partial charge in [0.05, 0.1) is 0 Å². The van der Waals surface area contributed by atoms with Crippen molar-refractivity contribution < 1.29 is 4.42 Å². The molecule has 1 N–H and O–H groups in total. The molecular weight excluding hydrogens is 212 g/mol. The molecule has 0 atom stereocenters. The molecule has 1 aliphatic heterocycles. The molecule has 0 radical (unpaired) electrons. The maximum atomic E-state index is 5.52. The number of aromatic nitrogens is 1. The summed E-state index contributed by atoms with van der Waals surface area (Å²) in [5.41, 5.74) is 3.32. The zero-order valence-corrected chi connectivity index (χ0v) is 9.94. The summed E-state index contributed by atoms with van der Waals surface area (Å²) < 4.78 is 5.52. The Morgan fingerprint density at radius 1 is 1.29 bits per heavy atom. The Morgan fingerprint density at radius 2 is 2.06 bits per heavy atom. The number of benzene rings is 1. The zero-order valence-electron chi connectivity index (χ0n) is 9.94. The van der Waals surface area contributed by atoms with Crippen molar-refractivity contribution in [3.63, 3.8) is 0 Å². The monoisotopic (exact) mass is 228 g/mol. The second-order valence-corrected chi connectivity index (χ2v) is 4.72. The van der Waals surface area contributed by atoms with Crippen LogP contribution in [0.4, 0.5) is 0 Å². The molecule has 3 rings (SSSR count). The maximum Gasteiger partial charge on any atom is 0.194 e. The molecule has 1 aromatic heterocycles. The van der Waals surface area contributed by atoms with E-state index in [1.54, 1.807) is 6.26 Å². The summed E-state index contributed by atoms with van der Waals surface area (Å²) in [7, 11) is 0. The fourth-order valence-corrected chi connectivity index (χ4v) is 2.00. The quantitative estimate of drug-likeness (QED) is 0.876. The van der Waals surface area contributed by atoms with E-state index < -0.39 is 0 Å². The van der Waals surface area contributed by atoms with Gasteiger partial charge in [0, 0.05) is 12.0 Å². The van der Waals surface area contributed by atoms with E-state index in [1.807, 2.05) is 0 Å². The third kappa shape index (κ3) is 2.24. The average Bonchev–Trinajstić information content (AvgIpc) is 2.73. The molecule has 0 unspecified atom stereocenters. The molecule has 3 nitrogen and oxygen atoms in total. The standard InChI is InChI=1S/C14H16N2O/c1-10-2-4-12(5-3-10)13-9-17-14(16-13)6-11-7-15-8-11/h2-5,9,11,15H,6-8H2,1H3. The molecule has 1 aliphatic rings. The third-order valence-corrected chi connectivity index (χ3v) is 3.23. The van der Waals surface area contributed by atoms with Gasteiger partial charge < -0.3 is 9.73 Å². The molecule has 2 heterocycles. The Kier molecular flexibility index (Phi) is 2.69. The Balaban J connectivity index is 1.76. The topological polar surface area (TPSA) is 38.1 Å². The summed E-state index contributed by atoms with van der Waals surface area (Å²) in [5.74, 6) is 1.55. The van der Waals surface area contributed by atoms with Crippen molar-refractivity contribution in [2.45, 2.75) is 13.3 Å². The lowest BCUT2D eigenvalue weighted by Crippen LogP contribution is -2.43. The molecular formula is C14H16N2O. The van der Waals surface area contributed by atoms with Crippen LogP contribution in [0.2, 0.25) is 0 Å². The van der Waals surface area contributed by atoms with Gasteiger partial charge in [0.25, 0.3) is 0 Å². The van der Waals surface area contributed by atoms with E-state index in [0.29, 0.717) is 5.92 Å². The van der Waals surface area contributed by atoms with Gasteiger partial charge in [-0.3, -0.25) is 0 Å². The van der Waals surface area contributed by atoms with Crippen molar-refractivity contribution in [2.24, 2.45) is 5.92 Å². The van der Waals surface area contributed by atoms with Gasteiger partial charge in [0.2, 0.25) is 0 Å². The van der Waals surface area contributed by atoms with Crippen LogP contribution in [0, 0.1) is 12.8 Å². The summed E-state index contributed by atoms with van der Waals surface area (Å²) in [5, 5.41) is 3.26. The molecule has 1 aromatic carbocycles. The normalized spacial score (nSPS) is 15.8. The fraction of sp³-hybridized carbons (Fsp3) is 0.357. The van der Waals surface area contributed by atoms with Crippen LogP contribution in [0.3, 0.4) is 0 Å². The minimum Gasteiger partial charge on any atom is -0.448 e. The number of aryl methyl sites for hydroxylation is 1. The Labute approximate surface area is 101 Å². The van der Waals surface area contributed by atoms with Gasteiger partial charge in [0.15, 0.2) is 5.89 Å². The Morgan fingerprint density at radius 3 is 2.71 bits per heavy atom. The van der Waals surface area contributed by atoms with Crippen LogP contribution in [-0.2, 0) is 6.42 Å². The molecule has 3 heteroatoms. The Hall–Kier alpha value is -1.61. The fourth-order valence-electron chi connectivity index (χ4n) is 2.00. The molecule has 0 bridgehead atoms. The first-order valence-corrected chi connectivity index (χ1v) is 6.03. The van der Waals surface area contributed by atoms with Crippen LogP contribution >= 0.6 is 0 Å². The number of rotatable bonds is 3. The molecule has 2 aromatic rings. The lowest BCUT2D eigenvalue weighted by atomic mass is 10.00. The van der Waals surface area contributed by atoms with Crippen LogP contribution in [-0.4, -0.2) is 18.1 Å². The van der Waals surface area contributed by atoms with Crippen molar-refractivity contribution in [3.8, 4) is 11.3 Å². The number of hydrogen-bond acceptors (Lipinski definition) is 3. The number of oxazole rings is 1. The first-order valence-electron chi connectivity index (χ1n) is 6.03. The van der Waals surface area contributed by atoms with E-state index >= 15 is 0 Å².